The van der Waals surface area contributed by atoms with E-state index in [0.717, 1.165) is 11.6 Å². The van der Waals surface area contributed by atoms with Crippen molar-refractivity contribution >= 4 is 23.8 Å². The topological polar surface area (TPSA) is 38.3 Å². The maximum Gasteiger partial charge on any atom is 0.417 e. The van der Waals surface area contributed by atoms with Gasteiger partial charge in [-0.25, -0.2) is 4.79 Å². The molecule has 0 heterocycles. The predicted molar refractivity (Wildman–Crippen MR) is 90.1 cm³/mol. The Kier molecular flexibility index (Phi) is 6.47. The van der Waals surface area contributed by atoms with Crippen LogP contribution in [0.3, 0.4) is 0 Å². The van der Waals surface area contributed by atoms with Crippen molar-refractivity contribution in [3.63, 3.8) is 0 Å². The molecule has 0 unspecified atom stereocenters. The molecule has 0 aromatic heterocycles. The number of nitrogens with one attached hydrogen (secondary N) is 1. The van der Waals surface area contributed by atoms with E-state index >= 15 is 0 Å². The Morgan fingerprint density at radius 3 is 2.52 bits per heavy atom. The highest BCUT2D eigenvalue weighted by atomic mass is 35.5. The van der Waals surface area contributed by atoms with Crippen molar-refractivity contribution in [3.05, 3.63) is 76.3 Å². The van der Waals surface area contributed by atoms with E-state index in [4.69, 9.17) is 16.3 Å². The van der Waals surface area contributed by atoms with Gasteiger partial charge in [0.1, 0.15) is 6.61 Å². The predicted octanol–water partition coefficient (Wildman–Crippen LogP) is 5.30. The summed E-state index contributed by atoms with van der Waals surface area (Å²) >= 11 is 5.77. The number of halogens is 4. The lowest BCUT2D eigenvalue weighted by Crippen LogP contribution is -2.24. The molecule has 0 bridgehead atoms. The summed E-state index contributed by atoms with van der Waals surface area (Å²) in [6, 6.07) is 12.8. The zero-order chi connectivity index (χ0) is 18.3. The molecule has 1 N–H and O–H groups in total. The summed E-state index contributed by atoms with van der Waals surface area (Å²) in [5.41, 5.74) is 0.173. The Balaban J connectivity index is 1.84. The van der Waals surface area contributed by atoms with Gasteiger partial charge in [-0.2, -0.15) is 13.2 Å². The zero-order valence-electron chi connectivity index (χ0n) is 13.0. The number of rotatable bonds is 5. The molecule has 0 aliphatic rings. The van der Waals surface area contributed by atoms with Gasteiger partial charge >= 0.3 is 12.3 Å². The van der Waals surface area contributed by atoms with Crippen molar-refractivity contribution in [3.8, 4) is 0 Å². The van der Waals surface area contributed by atoms with Gasteiger partial charge in [-0.1, -0.05) is 66.2 Å². The van der Waals surface area contributed by atoms with Crippen LogP contribution in [0.4, 0.5) is 18.0 Å². The normalized spacial score (nSPS) is 11.5. The van der Waals surface area contributed by atoms with E-state index in [2.05, 4.69) is 5.32 Å². The molecule has 7 heteroatoms. The highest BCUT2D eigenvalue weighted by Gasteiger charge is 2.33. The van der Waals surface area contributed by atoms with E-state index in [1.165, 1.54) is 24.3 Å². The molecule has 0 aliphatic heterocycles. The third kappa shape index (κ3) is 5.83. The first-order chi connectivity index (χ1) is 11.9. The molecule has 132 valence electrons. The molecule has 0 saturated carbocycles. The van der Waals surface area contributed by atoms with Gasteiger partial charge in [0, 0.05) is 6.54 Å². The Morgan fingerprint density at radius 1 is 1.12 bits per heavy atom. The van der Waals surface area contributed by atoms with Gasteiger partial charge in [0.15, 0.2) is 0 Å². The van der Waals surface area contributed by atoms with Crippen LogP contribution in [0.5, 0.6) is 0 Å². The van der Waals surface area contributed by atoms with Crippen molar-refractivity contribution < 1.29 is 22.7 Å². The maximum absolute atomic E-state index is 12.8. The lowest BCUT2D eigenvalue weighted by molar-refractivity contribution is -0.137. The van der Waals surface area contributed by atoms with Gasteiger partial charge in [-0.05, 0) is 17.2 Å². The first-order valence-corrected chi connectivity index (χ1v) is 7.72. The molecule has 0 atom stereocenters. The fraction of sp³-hybridized carbons (Fsp3) is 0.167. The van der Waals surface area contributed by atoms with Crippen LogP contribution in [0, 0.1) is 0 Å². The molecule has 0 spiro atoms. The Hall–Kier alpha value is -2.47. The van der Waals surface area contributed by atoms with E-state index in [9.17, 15) is 18.0 Å². The molecule has 0 saturated heterocycles. The number of amides is 1. The largest absolute Gasteiger partial charge is 0.445 e. The van der Waals surface area contributed by atoms with Gasteiger partial charge in [0.25, 0.3) is 0 Å². The molecule has 2 aromatic carbocycles. The van der Waals surface area contributed by atoms with E-state index in [1.807, 2.05) is 30.3 Å². The molecule has 2 aromatic rings. The van der Waals surface area contributed by atoms with E-state index < -0.39 is 17.8 Å². The second kappa shape index (κ2) is 8.58. The average molecular weight is 370 g/mol. The van der Waals surface area contributed by atoms with E-state index in [-0.39, 0.29) is 23.7 Å². The van der Waals surface area contributed by atoms with Crippen LogP contribution in [0.2, 0.25) is 5.02 Å². The molecule has 1 amide bonds. The molecule has 2 rings (SSSR count). The van der Waals surface area contributed by atoms with E-state index in [0.29, 0.717) is 0 Å². The molecule has 0 aliphatic carbocycles. The van der Waals surface area contributed by atoms with Crippen molar-refractivity contribution in [1.82, 2.24) is 5.32 Å². The first-order valence-electron chi connectivity index (χ1n) is 7.34. The summed E-state index contributed by atoms with van der Waals surface area (Å²) < 4.78 is 43.3. The fourth-order valence-electron chi connectivity index (χ4n) is 2.00. The molecular formula is C18H15ClF3NO2. The van der Waals surface area contributed by atoms with Crippen LogP contribution in [0.1, 0.15) is 16.7 Å². The van der Waals surface area contributed by atoms with Crippen LogP contribution in [-0.2, 0) is 17.5 Å². The summed E-state index contributed by atoms with van der Waals surface area (Å²) in [4.78, 5) is 11.5. The Labute approximate surface area is 148 Å². The molecule has 0 fully saturated rings. The van der Waals surface area contributed by atoms with E-state index in [1.54, 1.807) is 0 Å². The lowest BCUT2D eigenvalue weighted by atomic mass is 10.1. The number of alkyl carbamates (subject to hydrolysis) is 1. The van der Waals surface area contributed by atoms with Crippen molar-refractivity contribution in [1.29, 1.82) is 0 Å². The number of carbonyl (C=O) groups excluding carboxylic acids is 1. The van der Waals surface area contributed by atoms with Crippen LogP contribution in [-0.4, -0.2) is 12.6 Å². The van der Waals surface area contributed by atoms with Gasteiger partial charge in [0.2, 0.25) is 0 Å². The second-order valence-electron chi connectivity index (χ2n) is 5.05. The summed E-state index contributed by atoms with van der Waals surface area (Å²) in [5.74, 6) is 0. The number of ether oxygens (including phenoxy) is 1. The smallest absolute Gasteiger partial charge is 0.417 e. The van der Waals surface area contributed by atoms with Gasteiger partial charge in [-0.15, -0.1) is 0 Å². The summed E-state index contributed by atoms with van der Waals surface area (Å²) in [5, 5.41) is 2.10. The van der Waals surface area contributed by atoms with Crippen molar-refractivity contribution in [2.45, 2.75) is 12.8 Å². The zero-order valence-corrected chi connectivity index (χ0v) is 13.8. The minimum absolute atomic E-state index is 0.0974. The monoisotopic (exact) mass is 369 g/mol. The molecule has 25 heavy (non-hydrogen) atoms. The summed E-state index contributed by atoms with van der Waals surface area (Å²) in [6.45, 7) is 0.232. The quantitative estimate of drug-likeness (QED) is 0.776. The van der Waals surface area contributed by atoms with Gasteiger partial charge in [0.05, 0.1) is 10.6 Å². The highest BCUT2D eigenvalue weighted by Crippen LogP contribution is 2.36. The number of benzene rings is 2. The highest BCUT2D eigenvalue weighted by molar-refractivity contribution is 6.32. The van der Waals surface area contributed by atoms with Crippen LogP contribution < -0.4 is 5.32 Å². The maximum atomic E-state index is 12.8. The van der Waals surface area contributed by atoms with Crippen molar-refractivity contribution in [2.24, 2.45) is 0 Å². The Bertz CT molecular complexity index is 746. The lowest BCUT2D eigenvalue weighted by Gasteiger charge is -2.10. The average Bonchev–Trinajstić information content (AvgIpc) is 2.58. The number of carbonyl (C=O) groups is 1. The summed E-state index contributed by atoms with van der Waals surface area (Å²) in [6.07, 6.45) is -2.23. The van der Waals surface area contributed by atoms with Crippen LogP contribution in [0.15, 0.2) is 54.6 Å². The Morgan fingerprint density at radius 2 is 1.84 bits per heavy atom. The van der Waals surface area contributed by atoms with Crippen LogP contribution in [0.25, 0.3) is 6.08 Å². The van der Waals surface area contributed by atoms with Gasteiger partial charge in [-0.3, -0.25) is 0 Å². The SMILES string of the molecule is O=C(NCC=Cc1cccc(C(F)(F)F)c1Cl)OCc1ccccc1. The number of alkyl halides is 3. The minimum atomic E-state index is -4.51. The van der Waals surface area contributed by atoms with Gasteiger partial charge < -0.3 is 10.1 Å². The second-order valence-corrected chi connectivity index (χ2v) is 5.43. The first kappa shape index (κ1) is 18.9. The minimum Gasteiger partial charge on any atom is -0.445 e. The number of hydrogen-bond donors (Lipinski definition) is 1. The summed E-state index contributed by atoms with van der Waals surface area (Å²) in [7, 11) is 0. The molecule has 0 radical (unpaired) electrons. The van der Waals surface area contributed by atoms with Crippen molar-refractivity contribution in [2.75, 3.05) is 6.54 Å². The standard InChI is InChI=1S/C18H15ClF3NO2/c19-16-14(8-4-10-15(16)18(20,21)22)9-5-11-23-17(24)25-12-13-6-2-1-3-7-13/h1-10H,11-12H2,(H,23,24). The number of hydrogen-bond acceptors (Lipinski definition) is 2. The fourth-order valence-corrected chi connectivity index (χ4v) is 2.30. The van der Waals surface area contributed by atoms with Crippen LogP contribution >= 0.6 is 11.6 Å². The molecule has 3 nitrogen and oxygen atoms in total. The molecular weight excluding hydrogens is 355 g/mol. The third-order valence-electron chi connectivity index (χ3n) is 3.21. The third-order valence-corrected chi connectivity index (χ3v) is 3.63.